The second-order valence-electron chi connectivity index (χ2n) is 19.4. The number of nitrogens with zero attached hydrogens (tertiary/aromatic N) is 2. The molecular weight excluding hydrogens is 984 g/mol. The van der Waals surface area contributed by atoms with E-state index in [4.69, 9.17) is 19.9 Å². The number of hydrogen-bond acceptors (Lipinski definition) is 9. The lowest BCUT2D eigenvalue weighted by Gasteiger charge is -2.32. The Hall–Kier alpha value is -4.55. The first-order valence-electron chi connectivity index (χ1n) is 26.6. The van der Waals surface area contributed by atoms with Gasteiger partial charge in [-0.1, -0.05) is 131 Å². The number of ether oxygens (including phenoxy) is 3. The molecule has 0 spiro atoms. The molecule has 390 valence electrons. The normalized spacial score (nSPS) is 20.4. The molecule has 5 aromatic carbocycles. The number of benzene rings is 5. The predicted octanol–water partition coefficient (Wildman–Crippen LogP) is 12.2. The van der Waals surface area contributed by atoms with Crippen molar-refractivity contribution >= 4 is 39.9 Å². The van der Waals surface area contributed by atoms with Crippen LogP contribution >= 0.6 is 28.3 Å². The van der Waals surface area contributed by atoms with Gasteiger partial charge in [0.25, 0.3) is 0 Å². The van der Waals surface area contributed by atoms with Crippen LogP contribution in [0.25, 0.3) is 0 Å². The molecule has 2 aliphatic carbocycles. The van der Waals surface area contributed by atoms with Crippen molar-refractivity contribution in [2.45, 2.75) is 94.9 Å². The standard InChI is InChI=1S/C24H31NO.C14H19NO2.C9H11BrO.C9H11N.C5H9NO.ClH/c1-3-8-21(9-4-1)24-19-22(24)18-20-12-15-25(16-13-20)14-7-17-26-23-10-5-2-6-11-23;16-13-7-10-15(11-8-13)9-4-12-17-14-5-2-1-3-6-14;10-7-4-8-11-9-5-2-1-3-6-9;10-9-6-8(9)7-4-2-1-3-5-7;7-5-1-3-6-4-2-5;/h1-6,8-11,20,22,24H,7,12-19H2;1-3,5-6H,4,7-12H2;1-3,5-6H,4,7-8H2;1-5,8-9H,6,10H2;6H,1-4H2;1H/t22-,24+;;;8-,9+;;/m1..0../s1. The first-order chi connectivity index (χ1) is 34.9. The number of carbonyl (C=O) groups is 2. The van der Waals surface area contributed by atoms with Gasteiger partial charge in [0.1, 0.15) is 28.8 Å². The van der Waals surface area contributed by atoms with Gasteiger partial charge >= 0.3 is 0 Å². The molecule has 0 bridgehead atoms. The van der Waals surface area contributed by atoms with Crippen LogP contribution in [-0.2, 0) is 9.59 Å². The number of para-hydroxylation sites is 3. The summed E-state index contributed by atoms with van der Waals surface area (Å²) in [6, 6.07) is 51.9. The highest BCUT2D eigenvalue weighted by Gasteiger charge is 2.39. The number of rotatable bonds is 18. The molecule has 0 unspecified atom stereocenters. The third kappa shape index (κ3) is 24.0. The van der Waals surface area contributed by atoms with Gasteiger partial charge in [-0.05, 0) is 130 Å². The highest BCUT2D eigenvalue weighted by atomic mass is 79.9. The molecule has 3 heterocycles. The summed E-state index contributed by atoms with van der Waals surface area (Å²) < 4.78 is 16.8. The second-order valence-corrected chi connectivity index (χ2v) is 20.1. The minimum Gasteiger partial charge on any atom is -0.494 e. The van der Waals surface area contributed by atoms with Crippen LogP contribution in [-0.4, -0.2) is 105 Å². The maximum atomic E-state index is 11.1. The Bertz CT molecular complexity index is 2140. The van der Waals surface area contributed by atoms with Gasteiger partial charge in [-0.25, -0.2) is 0 Å². The minimum absolute atomic E-state index is 0. The number of alkyl halides is 1. The van der Waals surface area contributed by atoms with Crippen molar-refractivity contribution in [3.05, 3.63) is 163 Å². The van der Waals surface area contributed by atoms with Gasteiger partial charge in [-0.2, -0.15) is 0 Å². The summed E-state index contributed by atoms with van der Waals surface area (Å²) in [6.07, 6.45) is 12.9. The first-order valence-corrected chi connectivity index (χ1v) is 27.7. The fourth-order valence-corrected chi connectivity index (χ4v) is 9.50. The van der Waals surface area contributed by atoms with E-state index >= 15 is 0 Å². The molecule has 9 nitrogen and oxygen atoms in total. The van der Waals surface area contributed by atoms with Crippen LogP contribution in [0.1, 0.15) is 100 Å². The zero-order chi connectivity index (χ0) is 49.6. The Morgan fingerprint density at radius 2 is 0.903 bits per heavy atom. The van der Waals surface area contributed by atoms with E-state index in [1.807, 2.05) is 97.1 Å². The number of piperidine rings is 3. The number of ketones is 2. The molecule has 5 aliphatic rings. The van der Waals surface area contributed by atoms with E-state index in [2.05, 4.69) is 85.6 Å². The van der Waals surface area contributed by atoms with E-state index in [9.17, 15) is 9.59 Å². The van der Waals surface area contributed by atoms with Gasteiger partial charge < -0.3 is 35.1 Å². The highest BCUT2D eigenvalue weighted by Crippen LogP contribution is 2.51. The molecule has 4 atom stereocenters. The number of nitrogens with two attached hydrogens (primary N) is 1. The maximum Gasteiger partial charge on any atom is 0.135 e. The van der Waals surface area contributed by atoms with Crippen molar-refractivity contribution < 1.29 is 23.8 Å². The Morgan fingerprint density at radius 3 is 1.31 bits per heavy atom. The van der Waals surface area contributed by atoms with Crippen LogP contribution in [0, 0.1) is 11.8 Å². The molecule has 0 radical (unpaired) electrons. The summed E-state index contributed by atoms with van der Waals surface area (Å²) in [6.45, 7) is 10.7. The van der Waals surface area contributed by atoms with Gasteiger partial charge in [0.2, 0.25) is 0 Å². The van der Waals surface area contributed by atoms with E-state index < -0.39 is 0 Å². The molecule has 3 aliphatic heterocycles. The van der Waals surface area contributed by atoms with E-state index in [0.717, 1.165) is 138 Å². The van der Waals surface area contributed by atoms with Crippen LogP contribution in [0.4, 0.5) is 0 Å². The molecule has 72 heavy (non-hydrogen) atoms. The monoisotopic (exact) mass is 1060 g/mol. The summed E-state index contributed by atoms with van der Waals surface area (Å²) in [5.41, 5.74) is 8.66. The molecule has 2 saturated carbocycles. The minimum atomic E-state index is 0. The number of hydrogen-bond donors (Lipinski definition) is 2. The highest BCUT2D eigenvalue weighted by molar-refractivity contribution is 9.09. The number of nitrogens with one attached hydrogen (secondary N) is 1. The van der Waals surface area contributed by atoms with Gasteiger partial charge in [-0.15, -0.1) is 12.4 Å². The topological polar surface area (TPSA) is 106 Å². The SMILES string of the molecule is BrCCCOc1ccccc1.Cl.N[C@@H]1C[C@H]1c1ccccc1.O=C1CCN(CCCOc2ccccc2)CC1.O=C1CCNCC1.c1ccc(OCCCN2CCC(C[C@@H]3C[C@H]3c3ccccc3)CC2)cc1. The largest absolute Gasteiger partial charge is 0.494 e. The Balaban J connectivity index is 0.000000180. The van der Waals surface area contributed by atoms with Crippen molar-refractivity contribution in [2.24, 2.45) is 17.6 Å². The van der Waals surface area contributed by atoms with Crippen molar-refractivity contribution in [1.82, 2.24) is 15.1 Å². The fourth-order valence-electron chi connectivity index (χ4n) is 9.27. The van der Waals surface area contributed by atoms with E-state index in [-0.39, 0.29) is 12.4 Å². The second kappa shape index (κ2) is 34.8. The van der Waals surface area contributed by atoms with Crippen molar-refractivity contribution in [3.8, 4) is 17.2 Å². The van der Waals surface area contributed by atoms with Crippen molar-refractivity contribution in [1.29, 1.82) is 0 Å². The van der Waals surface area contributed by atoms with Gasteiger partial charge in [0.15, 0.2) is 0 Å². The maximum absolute atomic E-state index is 11.1. The summed E-state index contributed by atoms with van der Waals surface area (Å²) in [5.74, 6) is 7.09. The molecule has 11 heteroatoms. The lowest BCUT2D eigenvalue weighted by atomic mass is 9.90. The zero-order valence-corrected chi connectivity index (χ0v) is 45.0. The van der Waals surface area contributed by atoms with Crippen LogP contribution in [0.5, 0.6) is 17.2 Å². The van der Waals surface area contributed by atoms with Gasteiger partial charge in [0.05, 0.1) is 19.8 Å². The lowest BCUT2D eigenvalue weighted by molar-refractivity contribution is -0.121. The van der Waals surface area contributed by atoms with Crippen LogP contribution in [0.15, 0.2) is 152 Å². The van der Waals surface area contributed by atoms with E-state index in [1.165, 1.54) is 57.3 Å². The van der Waals surface area contributed by atoms with E-state index in [1.54, 1.807) is 5.56 Å². The molecule has 3 saturated heterocycles. The predicted molar refractivity (Wildman–Crippen MR) is 301 cm³/mol. The third-order valence-corrected chi connectivity index (χ3v) is 14.2. The van der Waals surface area contributed by atoms with Gasteiger partial charge in [-0.3, -0.25) is 9.59 Å². The molecule has 5 fully saturated rings. The van der Waals surface area contributed by atoms with Crippen LogP contribution in [0.3, 0.4) is 0 Å². The molecule has 5 aromatic rings. The number of Topliss-reactive ketones (excluding diaryl/α,β-unsaturated/α-hetero) is 2. The quantitative estimate of drug-likeness (QED) is 0.0655. The molecule has 0 amide bonds. The number of carbonyl (C=O) groups excluding carboxylic acids is 2. The average Bonchev–Trinajstić information content (AvgIpc) is 4.37. The summed E-state index contributed by atoms with van der Waals surface area (Å²) in [5, 5.41) is 4.09. The Kier molecular flexibility index (Phi) is 28.2. The number of halogens is 2. The fraction of sp³-hybridized carbons (Fsp3) is 0.475. The van der Waals surface area contributed by atoms with Crippen LogP contribution < -0.4 is 25.3 Å². The smallest absolute Gasteiger partial charge is 0.135 e. The third-order valence-electron chi connectivity index (χ3n) is 13.7. The zero-order valence-electron chi connectivity index (χ0n) is 42.6. The summed E-state index contributed by atoms with van der Waals surface area (Å²) in [7, 11) is 0. The lowest BCUT2D eigenvalue weighted by Crippen LogP contribution is -2.35. The summed E-state index contributed by atoms with van der Waals surface area (Å²) in [4.78, 5) is 26.5. The van der Waals surface area contributed by atoms with Crippen molar-refractivity contribution in [2.75, 3.05) is 77.5 Å². The Labute approximate surface area is 446 Å². The number of likely N-dealkylation sites (tertiary alicyclic amines) is 2. The summed E-state index contributed by atoms with van der Waals surface area (Å²) >= 11 is 3.34. The molecule has 10 rings (SSSR count). The van der Waals surface area contributed by atoms with E-state index in [0.29, 0.717) is 23.5 Å². The molecule has 0 aromatic heterocycles. The van der Waals surface area contributed by atoms with Crippen LogP contribution in [0.2, 0.25) is 0 Å². The Morgan fingerprint density at radius 1 is 0.514 bits per heavy atom. The molecular formula is C61H82BrClN4O5. The van der Waals surface area contributed by atoms with Crippen molar-refractivity contribution in [3.63, 3.8) is 0 Å². The first kappa shape index (κ1) is 58.3. The average molecular weight is 1070 g/mol. The van der Waals surface area contributed by atoms with Gasteiger partial charge in [0, 0.05) is 82.2 Å². The molecule has 3 N–H and O–H groups in total.